The summed E-state index contributed by atoms with van der Waals surface area (Å²) >= 11 is 0. The van der Waals surface area contributed by atoms with E-state index in [1.165, 1.54) is 0 Å². The molecule has 0 N–H and O–H groups in total. The van der Waals surface area contributed by atoms with Gasteiger partial charge in [0.1, 0.15) is 12.2 Å². The third kappa shape index (κ3) is 2.46. The van der Waals surface area contributed by atoms with Crippen LogP contribution in [0.1, 0.15) is 12.5 Å². The molecule has 0 aliphatic carbocycles. The zero-order valence-electron chi connectivity index (χ0n) is 11.7. The van der Waals surface area contributed by atoms with Crippen molar-refractivity contribution >= 4 is 22.9 Å². The number of morpholine rings is 1. The van der Waals surface area contributed by atoms with E-state index in [0.29, 0.717) is 24.2 Å². The van der Waals surface area contributed by atoms with Gasteiger partial charge in [-0.3, -0.25) is 4.98 Å². The molecule has 1 saturated heterocycles. The molecule has 0 amide bonds. The van der Waals surface area contributed by atoms with Gasteiger partial charge in [0.2, 0.25) is 0 Å². The summed E-state index contributed by atoms with van der Waals surface area (Å²) in [5, 5.41) is 10.1. The number of fused-ring (bicyclic) bond motifs is 1. The minimum absolute atomic E-state index is 0.0173. The third-order valence-corrected chi connectivity index (χ3v) is 3.64. The van der Waals surface area contributed by atoms with Crippen LogP contribution < -0.4 is 4.90 Å². The first-order chi connectivity index (χ1) is 10.2. The Labute approximate surface area is 122 Å². The van der Waals surface area contributed by atoms with Crippen molar-refractivity contribution in [2.75, 3.05) is 18.0 Å². The number of aromatic nitrogens is 1. The molecule has 2 aromatic rings. The Bertz CT molecular complexity index is 723. The average molecular weight is 281 g/mol. The fourth-order valence-electron chi connectivity index (χ4n) is 2.78. The van der Waals surface area contributed by atoms with Crippen LogP contribution in [0.4, 0.5) is 5.69 Å². The fourth-order valence-corrected chi connectivity index (χ4v) is 2.78. The molecule has 2 heterocycles. The Morgan fingerprint density at radius 1 is 1.43 bits per heavy atom. The van der Waals surface area contributed by atoms with Crippen molar-refractivity contribution in [3.05, 3.63) is 36.0 Å². The first-order valence-corrected chi connectivity index (χ1v) is 6.86. The van der Waals surface area contributed by atoms with Crippen LogP contribution in [0.15, 0.2) is 30.5 Å². The van der Waals surface area contributed by atoms with Crippen LogP contribution in [-0.4, -0.2) is 36.6 Å². The number of anilines is 1. The van der Waals surface area contributed by atoms with Crippen LogP contribution in [0.5, 0.6) is 0 Å². The molecule has 0 saturated carbocycles. The molecular weight excluding hydrogens is 266 g/mol. The predicted octanol–water partition coefficient (Wildman–Crippen LogP) is 1.90. The maximum Gasteiger partial charge on any atom is 0.150 e. The molecule has 1 fully saturated rings. The normalized spacial score (nSPS) is 22.0. The highest BCUT2D eigenvalue weighted by molar-refractivity contribution is 5.95. The van der Waals surface area contributed by atoms with E-state index in [2.05, 4.69) is 16.0 Å². The van der Waals surface area contributed by atoms with Crippen molar-refractivity contribution in [2.24, 2.45) is 0 Å². The molecule has 1 aromatic carbocycles. The quantitative estimate of drug-likeness (QED) is 0.786. The van der Waals surface area contributed by atoms with Crippen LogP contribution in [0.25, 0.3) is 10.9 Å². The molecule has 3 rings (SSSR count). The zero-order chi connectivity index (χ0) is 14.8. The maximum absolute atomic E-state index is 11.0. The average Bonchev–Trinajstić information content (AvgIpc) is 2.53. The summed E-state index contributed by atoms with van der Waals surface area (Å²) in [4.78, 5) is 17.5. The van der Waals surface area contributed by atoms with Gasteiger partial charge in [0.25, 0.3) is 0 Å². The largest absolute Gasteiger partial charge is 0.365 e. The smallest absolute Gasteiger partial charge is 0.150 e. The van der Waals surface area contributed by atoms with Gasteiger partial charge in [-0.15, -0.1) is 0 Å². The van der Waals surface area contributed by atoms with Gasteiger partial charge in [0.15, 0.2) is 6.29 Å². The number of aldehydes is 1. The summed E-state index contributed by atoms with van der Waals surface area (Å²) in [6.45, 7) is 3.18. The van der Waals surface area contributed by atoms with Crippen molar-refractivity contribution in [1.82, 2.24) is 4.98 Å². The Morgan fingerprint density at radius 3 is 3.05 bits per heavy atom. The SMILES string of the molecule is CC1CN(c2ccc(C#N)c3ncccc23)CC(C=O)O1. The van der Waals surface area contributed by atoms with Crippen LogP contribution in [0, 0.1) is 11.3 Å². The van der Waals surface area contributed by atoms with E-state index in [1.807, 2.05) is 25.1 Å². The molecule has 5 nitrogen and oxygen atoms in total. The van der Waals surface area contributed by atoms with Gasteiger partial charge in [-0.05, 0) is 31.2 Å². The minimum Gasteiger partial charge on any atom is -0.365 e. The van der Waals surface area contributed by atoms with E-state index in [9.17, 15) is 10.1 Å². The molecule has 21 heavy (non-hydrogen) atoms. The highest BCUT2D eigenvalue weighted by atomic mass is 16.5. The lowest BCUT2D eigenvalue weighted by Crippen LogP contribution is -2.47. The van der Waals surface area contributed by atoms with Crippen molar-refractivity contribution in [3.8, 4) is 6.07 Å². The number of rotatable bonds is 2. The molecule has 1 aliphatic heterocycles. The van der Waals surface area contributed by atoms with Crippen LogP contribution in [0.3, 0.4) is 0 Å². The molecule has 1 aliphatic rings. The Morgan fingerprint density at radius 2 is 2.29 bits per heavy atom. The number of carbonyl (C=O) groups is 1. The molecule has 106 valence electrons. The molecule has 0 bridgehead atoms. The topological polar surface area (TPSA) is 66.2 Å². The van der Waals surface area contributed by atoms with E-state index < -0.39 is 6.10 Å². The fraction of sp³-hybridized carbons (Fsp3) is 0.312. The zero-order valence-corrected chi connectivity index (χ0v) is 11.7. The van der Waals surface area contributed by atoms with E-state index in [1.54, 1.807) is 12.3 Å². The minimum atomic E-state index is -0.420. The van der Waals surface area contributed by atoms with Gasteiger partial charge in [-0.2, -0.15) is 5.26 Å². The highest BCUT2D eigenvalue weighted by Gasteiger charge is 2.26. The van der Waals surface area contributed by atoms with Gasteiger partial charge in [-0.1, -0.05) is 0 Å². The Hall–Kier alpha value is -2.45. The van der Waals surface area contributed by atoms with Crippen molar-refractivity contribution in [1.29, 1.82) is 5.26 Å². The standard InChI is InChI=1S/C16H15N3O2/c1-11-8-19(9-13(10-20)21-11)15-5-4-12(7-17)16-14(15)3-2-6-18-16/h2-6,10-11,13H,8-9H2,1H3. The summed E-state index contributed by atoms with van der Waals surface area (Å²) in [6, 6.07) is 9.67. The summed E-state index contributed by atoms with van der Waals surface area (Å²) < 4.78 is 5.57. The van der Waals surface area contributed by atoms with E-state index >= 15 is 0 Å². The summed E-state index contributed by atoms with van der Waals surface area (Å²) in [5.41, 5.74) is 2.24. The molecule has 0 radical (unpaired) electrons. The third-order valence-electron chi connectivity index (χ3n) is 3.64. The second-order valence-corrected chi connectivity index (χ2v) is 5.17. The number of nitriles is 1. The lowest BCUT2D eigenvalue weighted by Gasteiger charge is -2.36. The van der Waals surface area contributed by atoms with Gasteiger partial charge in [0.05, 0.1) is 23.7 Å². The number of hydrogen-bond donors (Lipinski definition) is 0. The first kappa shape index (κ1) is 13.5. The molecule has 5 heteroatoms. The number of pyridine rings is 1. The van der Waals surface area contributed by atoms with Gasteiger partial charge < -0.3 is 14.4 Å². The van der Waals surface area contributed by atoms with Crippen molar-refractivity contribution in [3.63, 3.8) is 0 Å². The molecule has 0 spiro atoms. The van der Waals surface area contributed by atoms with Crippen molar-refractivity contribution < 1.29 is 9.53 Å². The highest BCUT2D eigenvalue weighted by Crippen LogP contribution is 2.29. The van der Waals surface area contributed by atoms with Crippen LogP contribution in [-0.2, 0) is 9.53 Å². The Balaban J connectivity index is 2.09. The van der Waals surface area contributed by atoms with Gasteiger partial charge in [-0.25, -0.2) is 0 Å². The van der Waals surface area contributed by atoms with E-state index in [0.717, 1.165) is 17.4 Å². The second kappa shape index (κ2) is 5.51. The first-order valence-electron chi connectivity index (χ1n) is 6.86. The van der Waals surface area contributed by atoms with Crippen LogP contribution in [0.2, 0.25) is 0 Å². The number of carbonyl (C=O) groups excluding carboxylic acids is 1. The number of benzene rings is 1. The molecule has 2 unspecified atom stereocenters. The summed E-state index contributed by atoms with van der Waals surface area (Å²) in [6.07, 6.45) is 2.09. The number of hydrogen-bond acceptors (Lipinski definition) is 5. The van der Waals surface area contributed by atoms with Gasteiger partial charge >= 0.3 is 0 Å². The van der Waals surface area contributed by atoms with Crippen LogP contribution >= 0.6 is 0 Å². The monoisotopic (exact) mass is 281 g/mol. The number of nitrogens with zero attached hydrogens (tertiary/aromatic N) is 3. The lowest BCUT2D eigenvalue weighted by atomic mass is 10.1. The van der Waals surface area contributed by atoms with E-state index in [-0.39, 0.29) is 6.10 Å². The lowest BCUT2D eigenvalue weighted by molar-refractivity contribution is -0.122. The summed E-state index contributed by atoms with van der Waals surface area (Å²) in [5.74, 6) is 0. The summed E-state index contributed by atoms with van der Waals surface area (Å²) in [7, 11) is 0. The second-order valence-electron chi connectivity index (χ2n) is 5.17. The maximum atomic E-state index is 11.0. The van der Waals surface area contributed by atoms with E-state index in [4.69, 9.17) is 4.74 Å². The molecule has 2 atom stereocenters. The number of ether oxygens (including phenoxy) is 1. The van der Waals surface area contributed by atoms with Crippen molar-refractivity contribution in [2.45, 2.75) is 19.1 Å². The molecular formula is C16H15N3O2. The van der Waals surface area contributed by atoms with Gasteiger partial charge in [0, 0.05) is 23.8 Å². The predicted molar refractivity (Wildman–Crippen MR) is 79.1 cm³/mol. The Kier molecular flexibility index (Phi) is 3.55. The molecule has 1 aromatic heterocycles.